The predicted molar refractivity (Wildman–Crippen MR) is 73.3 cm³/mol. The SMILES string of the molecule is CCCCCc1nc2ccccc2n1CCC. The molecule has 0 unspecified atom stereocenters. The third-order valence-electron chi connectivity index (χ3n) is 3.18. The number of unbranched alkanes of at least 4 members (excludes halogenated alkanes) is 2. The van der Waals surface area contributed by atoms with Crippen LogP contribution in [-0.4, -0.2) is 9.55 Å². The molecule has 0 aliphatic rings. The number of aryl methyl sites for hydroxylation is 2. The van der Waals surface area contributed by atoms with E-state index in [-0.39, 0.29) is 0 Å². The van der Waals surface area contributed by atoms with Gasteiger partial charge in [-0.25, -0.2) is 4.98 Å². The monoisotopic (exact) mass is 230 g/mol. The molecule has 92 valence electrons. The smallest absolute Gasteiger partial charge is 0.109 e. The van der Waals surface area contributed by atoms with Gasteiger partial charge >= 0.3 is 0 Å². The van der Waals surface area contributed by atoms with Gasteiger partial charge in [-0.15, -0.1) is 0 Å². The van der Waals surface area contributed by atoms with Gasteiger partial charge in [0.05, 0.1) is 11.0 Å². The molecular weight excluding hydrogens is 208 g/mol. The van der Waals surface area contributed by atoms with Crippen molar-refractivity contribution in [3.05, 3.63) is 30.1 Å². The minimum atomic E-state index is 1.09. The third-order valence-corrected chi connectivity index (χ3v) is 3.18. The molecule has 0 fully saturated rings. The molecule has 2 aromatic rings. The Bertz CT molecular complexity index is 471. The summed E-state index contributed by atoms with van der Waals surface area (Å²) in [5, 5.41) is 0. The van der Waals surface area contributed by atoms with Crippen LogP contribution in [-0.2, 0) is 13.0 Å². The molecular formula is C15H22N2. The highest BCUT2D eigenvalue weighted by molar-refractivity contribution is 5.75. The zero-order valence-corrected chi connectivity index (χ0v) is 10.9. The molecule has 0 aliphatic carbocycles. The Morgan fingerprint density at radius 1 is 1.06 bits per heavy atom. The molecule has 0 N–H and O–H groups in total. The van der Waals surface area contributed by atoms with Crippen molar-refractivity contribution in [1.82, 2.24) is 9.55 Å². The van der Waals surface area contributed by atoms with Crippen LogP contribution in [0.1, 0.15) is 45.4 Å². The van der Waals surface area contributed by atoms with Crippen molar-refractivity contribution in [3.63, 3.8) is 0 Å². The van der Waals surface area contributed by atoms with Crippen LogP contribution in [0.15, 0.2) is 24.3 Å². The van der Waals surface area contributed by atoms with Gasteiger partial charge in [0.25, 0.3) is 0 Å². The van der Waals surface area contributed by atoms with Gasteiger partial charge in [-0.3, -0.25) is 0 Å². The molecule has 17 heavy (non-hydrogen) atoms. The van der Waals surface area contributed by atoms with Gasteiger partial charge in [0.15, 0.2) is 0 Å². The van der Waals surface area contributed by atoms with E-state index in [0.29, 0.717) is 0 Å². The van der Waals surface area contributed by atoms with E-state index in [9.17, 15) is 0 Å². The first-order valence-corrected chi connectivity index (χ1v) is 6.81. The molecule has 2 rings (SSSR count). The summed E-state index contributed by atoms with van der Waals surface area (Å²) in [6, 6.07) is 8.47. The van der Waals surface area contributed by atoms with Crippen molar-refractivity contribution < 1.29 is 0 Å². The van der Waals surface area contributed by atoms with E-state index in [1.54, 1.807) is 0 Å². The lowest BCUT2D eigenvalue weighted by atomic mass is 10.2. The number of para-hydroxylation sites is 2. The van der Waals surface area contributed by atoms with Crippen molar-refractivity contribution in [2.45, 2.75) is 52.5 Å². The molecule has 0 saturated carbocycles. The normalized spacial score (nSPS) is 11.2. The quantitative estimate of drug-likeness (QED) is 0.681. The fourth-order valence-corrected chi connectivity index (χ4v) is 2.32. The van der Waals surface area contributed by atoms with Crippen LogP contribution in [0.3, 0.4) is 0 Å². The van der Waals surface area contributed by atoms with Crippen molar-refractivity contribution in [3.8, 4) is 0 Å². The minimum absolute atomic E-state index is 1.09. The number of hydrogen-bond donors (Lipinski definition) is 0. The first-order valence-electron chi connectivity index (χ1n) is 6.81. The van der Waals surface area contributed by atoms with Gasteiger partial charge in [-0.2, -0.15) is 0 Å². The largest absolute Gasteiger partial charge is 0.328 e. The van der Waals surface area contributed by atoms with Gasteiger partial charge in [-0.05, 0) is 25.0 Å². The number of benzene rings is 1. The second-order valence-corrected chi connectivity index (χ2v) is 4.63. The molecule has 2 nitrogen and oxygen atoms in total. The van der Waals surface area contributed by atoms with Gasteiger partial charge in [0, 0.05) is 13.0 Å². The Kier molecular flexibility index (Phi) is 4.18. The Morgan fingerprint density at radius 3 is 2.65 bits per heavy atom. The number of nitrogens with zero attached hydrogens (tertiary/aromatic N) is 2. The zero-order valence-electron chi connectivity index (χ0n) is 10.9. The molecule has 1 aromatic heterocycles. The van der Waals surface area contributed by atoms with E-state index >= 15 is 0 Å². The standard InChI is InChI=1S/C15H22N2/c1-3-5-6-11-15-16-13-9-7-8-10-14(13)17(15)12-4-2/h7-10H,3-6,11-12H2,1-2H3. The molecule has 0 saturated heterocycles. The van der Waals surface area contributed by atoms with Gasteiger partial charge < -0.3 is 4.57 Å². The van der Waals surface area contributed by atoms with Gasteiger partial charge in [-0.1, -0.05) is 38.8 Å². The van der Waals surface area contributed by atoms with Crippen molar-refractivity contribution in [2.24, 2.45) is 0 Å². The Balaban J connectivity index is 2.29. The van der Waals surface area contributed by atoms with E-state index in [1.165, 1.54) is 37.0 Å². The van der Waals surface area contributed by atoms with Crippen LogP contribution in [0, 0.1) is 0 Å². The number of rotatable bonds is 6. The first-order chi connectivity index (χ1) is 8.36. The highest BCUT2D eigenvalue weighted by atomic mass is 15.1. The minimum Gasteiger partial charge on any atom is -0.328 e. The molecule has 0 aliphatic heterocycles. The second-order valence-electron chi connectivity index (χ2n) is 4.63. The number of hydrogen-bond acceptors (Lipinski definition) is 1. The first kappa shape index (κ1) is 12.2. The summed E-state index contributed by atoms with van der Waals surface area (Å²) in [6.45, 7) is 5.56. The summed E-state index contributed by atoms with van der Waals surface area (Å²) in [6.07, 6.45) is 6.11. The van der Waals surface area contributed by atoms with Gasteiger partial charge in [0.1, 0.15) is 5.82 Å². The fraction of sp³-hybridized carbons (Fsp3) is 0.533. The van der Waals surface area contributed by atoms with E-state index in [2.05, 4.69) is 42.7 Å². The predicted octanol–water partition coefficient (Wildman–Crippen LogP) is 4.18. The Morgan fingerprint density at radius 2 is 1.88 bits per heavy atom. The number of fused-ring (bicyclic) bond motifs is 1. The summed E-state index contributed by atoms with van der Waals surface area (Å²) in [4.78, 5) is 4.77. The van der Waals surface area contributed by atoms with Crippen LogP contribution < -0.4 is 0 Å². The topological polar surface area (TPSA) is 17.8 Å². The molecule has 2 heteroatoms. The lowest BCUT2D eigenvalue weighted by molar-refractivity contribution is 0.621. The summed E-state index contributed by atoms with van der Waals surface area (Å²) in [7, 11) is 0. The van der Waals surface area contributed by atoms with Crippen molar-refractivity contribution in [1.29, 1.82) is 0 Å². The molecule has 1 aromatic carbocycles. The van der Waals surface area contributed by atoms with Crippen LogP contribution in [0.4, 0.5) is 0 Å². The van der Waals surface area contributed by atoms with Crippen molar-refractivity contribution >= 4 is 11.0 Å². The average molecular weight is 230 g/mol. The fourth-order valence-electron chi connectivity index (χ4n) is 2.32. The van der Waals surface area contributed by atoms with E-state index < -0.39 is 0 Å². The maximum absolute atomic E-state index is 4.77. The molecule has 0 amide bonds. The van der Waals surface area contributed by atoms with E-state index in [0.717, 1.165) is 18.5 Å². The maximum Gasteiger partial charge on any atom is 0.109 e. The number of imidazole rings is 1. The summed E-state index contributed by atoms with van der Waals surface area (Å²) < 4.78 is 2.39. The second kappa shape index (κ2) is 5.85. The van der Waals surface area contributed by atoms with E-state index in [4.69, 9.17) is 4.98 Å². The Labute approximate surface area is 104 Å². The average Bonchev–Trinajstić information content (AvgIpc) is 2.69. The summed E-state index contributed by atoms with van der Waals surface area (Å²) >= 11 is 0. The molecule has 0 radical (unpaired) electrons. The molecule has 0 atom stereocenters. The van der Waals surface area contributed by atoms with Crippen molar-refractivity contribution in [2.75, 3.05) is 0 Å². The molecule has 0 spiro atoms. The zero-order chi connectivity index (χ0) is 12.1. The summed E-state index contributed by atoms with van der Waals surface area (Å²) in [5.41, 5.74) is 2.44. The highest BCUT2D eigenvalue weighted by Crippen LogP contribution is 2.18. The van der Waals surface area contributed by atoms with Gasteiger partial charge in [0.2, 0.25) is 0 Å². The summed E-state index contributed by atoms with van der Waals surface area (Å²) in [5.74, 6) is 1.27. The lowest BCUT2D eigenvalue weighted by Gasteiger charge is -2.07. The van der Waals surface area contributed by atoms with Crippen LogP contribution in [0.5, 0.6) is 0 Å². The Hall–Kier alpha value is -1.31. The van der Waals surface area contributed by atoms with Crippen LogP contribution in [0.2, 0.25) is 0 Å². The van der Waals surface area contributed by atoms with Crippen LogP contribution in [0.25, 0.3) is 11.0 Å². The van der Waals surface area contributed by atoms with Crippen LogP contribution >= 0.6 is 0 Å². The number of aromatic nitrogens is 2. The molecule has 1 heterocycles. The maximum atomic E-state index is 4.77. The highest BCUT2D eigenvalue weighted by Gasteiger charge is 2.08. The third kappa shape index (κ3) is 2.68. The molecule has 0 bridgehead atoms. The lowest BCUT2D eigenvalue weighted by Crippen LogP contribution is -2.03. The van der Waals surface area contributed by atoms with E-state index in [1.807, 2.05) is 0 Å².